The molecular weight excluding hydrogens is 302 g/mol. The van der Waals surface area contributed by atoms with Crippen LogP contribution in [0.25, 0.3) is 0 Å². The van der Waals surface area contributed by atoms with E-state index in [-0.39, 0.29) is 17.3 Å². The molecule has 1 aromatic heterocycles. The van der Waals surface area contributed by atoms with Gasteiger partial charge in [-0.25, -0.2) is 4.98 Å². The van der Waals surface area contributed by atoms with Crippen molar-refractivity contribution in [3.8, 4) is 11.5 Å². The van der Waals surface area contributed by atoms with Gasteiger partial charge in [-0.2, -0.15) is 0 Å². The number of nitro groups is 1. The second-order valence-electron chi connectivity index (χ2n) is 3.36. The fraction of sp³-hybridized carbons (Fsp3) is 0. The summed E-state index contributed by atoms with van der Waals surface area (Å²) in [6.45, 7) is 0. The van der Waals surface area contributed by atoms with Gasteiger partial charge in [-0.1, -0.05) is 6.07 Å². The summed E-state index contributed by atoms with van der Waals surface area (Å²) < 4.78 is 5.97. The van der Waals surface area contributed by atoms with E-state index in [0.29, 0.717) is 10.2 Å². The third-order valence-electron chi connectivity index (χ3n) is 2.12. The maximum atomic E-state index is 10.9. The van der Waals surface area contributed by atoms with E-state index in [1.54, 1.807) is 18.2 Å². The molecule has 0 saturated heterocycles. The van der Waals surface area contributed by atoms with Crippen LogP contribution in [0.1, 0.15) is 0 Å². The summed E-state index contributed by atoms with van der Waals surface area (Å²) >= 11 is 3.22. The molecule has 0 aliphatic heterocycles. The topological polar surface area (TPSA) is 91.3 Å². The van der Waals surface area contributed by atoms with E-state index in [1.807, 2.05) is 0 Å². The average molecular weight is 310 g/mol. The van der Waals surface area contributed by atoms with Crippen molar-refractivity contribution in [2.45, 2.75) is 0 Å². The number of benzene rings is 1. The molecule has 18 heavy (non-hydrogen) atoms. The minimum atomic E-state index is -0.509. The summed E-state index contributed by atoms with van der Waals surface area (Å²) in [4.78, 5) is 14.2. The summed E-state index contributed by atoms with van der Waals surface area (Å²) in [5, 5.41) is 10.9. The molecule has 0 fully saturated rings. The van der Waals surface area contributed by atoms with Crippen LogP contribution in [0.5, 0.6) is 11.5 Å². The highest BCUT2D eigenvalue weighted by molar-refractivity contribution is 9.10. The van der Waals surface area contributed by atoms with Gasteiger partial charge in [0.15, 0.2) is 0 Å². The van der Waals surface area contributed by atoms with Gasteiger partial charge in [-0.3, -0.25) is 10.1 Å². The van der Waals surface area contributed by atoms with Crippen molar-refractivity contribution in [2.75, 3.05) is 5.73 Å². The number of hydrogen-bond donors (Lipinski definition) is 1. The first kappa shape index (κ1) is 12.3. The zero-order chi connectivity index (χ0) is 13.1. The Balaban J connectivity index is 2.42. The number of pyridine rings is 1. The van der Waals surface area contributed by atoms with E-state index in [2.05, 4.69) is 20.9 Å². The van der Waals surface area contributed by atoms with Crippen LogP contribution in [-0.4, -0.2) is 9.91 Å². The number of nitro benzene ring substituents is 1. The molecule has 1 heterocycles. The SMILES string of the molecule is Nc1cc(Oc2c(Br)cccc2[N+](=O)[O-])ccn1. The number of nitrogen functional groups attached to an aromatic ring is 1. The standard InChI is InChI=1S/C11H8BrN3O3/c12-8-2-1-3-9(15(16)17)11(8)18-7-4-5-14-10(13)6-7/h1-6H,(H2,13,14). The monoisotopic (exact) mass is 309 g/mol. The van der Waals surface area contributed by atoms with Crippen molar-refractivity contribution < 1.29 is 9.66 Å². The Kier molecular flexibility index (Phi) is 3.42. The minimum absolute atomic E-state index is 0.125. The van der Waals surface area contributed by atoms with Crippen LogP contribution in [0, 0.1) is 10.1 Å². The van der Waals surface area contributed by atoms with Crippen molar-refractivity contribution >= 4 is 27.4 Å². The molecule has 2 rings (SSSR count). The molecule has 2 aromatic rings. The van der Waals surface area contributed by atoms with E-state index < -0.39 is 4.92 Å². The second kappa shape index (κ2) is 5.01. The van der Waals surface area contributed by atoms with E-state index in [1.165, 1.54) is 18.3 Å². The lowest BCUT2D eigenvalue weighted by molar-refractivity contribution is -0.385. The Hall–Kier alpha value is -2.15. The van der Waals surface area contributed by atoms with Gasteiger partial charge in [0.2, 0.25) is 5.75 Å². The molecule has 92 valence electrons. The molecule has 0 saturated carbocycles. The Bertz CT molecular complexity index is 604. The van der Waals surface area contributed by atoms with Crippen LogP contribution < -0.4 is 10.5 Å². The lowest BCUT2D eigenvalue weighted by atomic mass is 10.3. The molecule has 2 N–H and O–H groups in total. The van der Waals surface area contributed by atoms with Gasteiger partial charge in [-0.15, -0.1) is 0 Å². The first-order chi connectivity index (χ1) is 8.58. The smallest absolute Gasteiger partial charge is 0.312 e. The Morgan fingerprint density at radius 3 is 2.83 bits per heavy atom. The number of nitrogens with zero attached hydrogens (tertiary/aromatic N) is 2. The van der Waals surface area contributed by atoms with Crippen molar-refractivity contribution in [1.82, 2.24) is 4.98 Å². The molecular formula is C11H8BrN3O3. The van der Waals surface area contributed by atoms with Gasteiger partial charge < -0.3 is 10.5 Å². The first-order valence-electron chi connectivity index (χ1n) is 4.90. The Labute approximate surface area is 111 Å². The predicted molar refractivity (Wildman–Crippen MR) is 69.5 cm³/mol. The lowest BCUT2D eigenvalue weighted by Gasteiger charge is -2.08. The third-order valence-corrected chi connectivity index (χ3v) is 2.74. The molecule has 0 aliphatic rings. The molecule has 0 unspecified atom stereocenters. The zero-order valence-corrected chi connectivity index (χ0v) is 10.6. The van der Waals surface area contributed by atoms with Crippen LogP contribution in [0.2, 0.25) is 0 Å². The van der Waals surface area contributed by atoms with Crippen LogP contribution in [-0.2, 0) is 0 Å². The molecule has 0 spiro atoms. The van der Waals surface area contributed by atoms with Crippen molar-refractivity contribution in [2.24, 2.45) is 0 Å². The normalized spacial score (nSPS) is 10.1. The lowest BCUT2D eigenvalue weighted by Crippen LogP contribution is -1.95. The largest absolute Gasteiger partial charge is 0.449 e. The highest BCUT2D eigenvalue weighted by Gasteiger charge is 2.18. The van der Waals surface area contributed by atoms with Gasteiger partial charge in [0.25, 0.3) is 0 Å². The quantitative estimate of drug-likeness (QED) is 0.694. The second-order valence-corrected chi connectivity index (χ2v) is 4.22. The number of rotatable bonds is 3. The van der Waals surface area contributed by atoms with Gasteiger partial charge in [0.1, 0.15) is 11.6 Å². The summed E-state index contributed by atoms with van der Waals surface area (Å²) in [7, 11) is 0. The van der Waals surface area contributed by atoms with E-state index in [0.717, 1.165) is 0 Å². The predicted octanol–water partition coefficient (Wildman–Crippen LogP) is 3.13. The highest BCUT2D eigenvalue weighted by Crippen LogP contribution is 2.37. The molecule has 1 aromatic carbocycles. The van der Waals surface area contributed by atoms with Crippen molar-refractivity contribution in [3.05, 3.63) is 51.1 Å². The number of hydrogen-bond acceptors (Lipinski definition) is 5. The molecule has 0 amide bonds. The number of aromatic nitrogens is 1. The van der Waals surface area contributed by atoms with Crippen LogP contribution in [0.3, 0.4) is 0 Å². The van der Waals surface area contributed by atoms with Crippen LogP contribution >= 0.6 is 15.9 Å². The van der Waals surface area contributed by atoms with Gasteiger partial charge >= 0.3 is 5.69 Å². The summed E-state index contributed by atoms with van der Waals surface area (Å²) in [6.07, 6.45) is 1.47. The maximum Gasteiger partial charge on any atom is 0.312 e. The summed E-state index contributed by atoms with van der Waals surface area (Å²) in [5.41, 5.74) is 5.39. The van der Waals surface area contributed by atoms with E-state index >= 15 is 0 Å². The Morgan fingerprint density at radius 2 is 2.17 bits per heavy atom. The van der Waals surface area contributed by atoms with Crippen LogP contribution in [0.15, 0.2) is 41.0 Å². The third kappa shape index (κ3) is 2.57. The highest BCUT2D eigenvalue weighted by atomic mass is 79.9. The molecule has 0 bridgehead atoms. The minimum Gasteiger partial charge on any atom is -0.449 e. The average Bonchev–Trinajstić information content (AvgIpc) is 2.31. The van der Waals surface area contributed by atoms with Gasteiger partial charge in [0.05, 0.1) is 9.40 Å². The number of halogens is 1. The van der Waals surface area contributed by atoms with Gasteiger partial charge in [0, 0.05) is 18.3 Å². The first-order valence-corrected chi connectivity index (χ1v) is 5.69. The summed E-state index contributed by atoms with van der Waals surface area (Å²) in [6, 6.07) is 7.65. The van der Waals surface area contributed by atoms with Crippen molar-refractivity contribution in [1.29, 1.82) is 0 Å². The molecule has 7 heteroatoms. The Morgan fingerprint density at radius 1 is 1.39 bits per heavy atom. The van der Waals surface area contributed by atoms with E-state index in [9.17, 15) is 10.1 Å². The molecule has 0 aliphatic carbocycles. The number of ether oxygens (including phenoxy) is 1. The summed E-state index contributed by atoms with van der Waals surface area (Å²) in [5.74, 6) is 0.799. The number of anilines is 1. The number of para-hydroxylation sites is 1. The zero-order valence-electron chi connectivity index (χ0n) is 9.04. The van der Waals surface area contributed by atoms with Gasteiger partial charge in [-0.05, 0) is 28.1 Å². The van der Waals surface area contributed by atoms with Crippen LogP contribution in [0.4, 0.5) is 11.5 Å². The fourth-order valence-corrected chi connectivity index (χ4v) is 1.79. The molecule has 0 radical (unpaired) electrons. The fourth-order valence-electron chi connectivity index (χ4n) is 1.35. The number of nitrogens with two attached hydrogens (primary N) is 1. The maximum absolute atomic E-state index is 10.9. The van der Waals surface area contributed by atoms with Crippen molar-refractivity contribution in [3.63, 3.8) is 0 Å². The molecule has 6 nitrogen and oxygen atoms in total. The van der Waals surface area contributed by atoms with E-state index in [4.69, 9.17) is 10.5 Å². The molecule has 0 atom stereocenters.